The third kappa shape index (κ3) is 5.69. The monoisotopic (exact) mass is 349 g/mol. The van der Waals surface area contributed by atoms with Crippen LogP contribution in [0.4, 0.5) is 0 Å². The molecule has 0 saturated carbocycles. The molecule has 118 valence electrons. The van der Waals surface area contributed by atoms with Crippen LogP contribution in [0.3, 0.4) is 0 Å². The Morgan fingerprint density at radius 2 is 2.04 bits per heavy atom. The molecule has 7 heteroatoms. The molecule has 0 saturated heterocycles. The number of carbonyl (C=O) groups is 3. The van der Waals surface area contributed by atoms with Gasteiger partial charge in [-0.25, -0.2) is 4.79 Å². The summed E-state index contributed by atoms with van der Waals surface area (Å²) >= 11 is 7.03. The Morgan fingerprint density at radius 1 is 1.22 bits per heavy atom. The van der Waals surface area contributed by atoms with Crippen molar-refractivity contribution in [3.63, 3.8) is 0 Å². The van der Waals surface area contributed by atoms with Gasteiger partial charge >= 0.3 is 5.97 Å². The number of imide groups is 1. The van der Waals surface area contributed by atoms with Gasteiger partial charge in [-0.1, -0.05) is 29.8 Å². The van der Waals surface area contributed by atoms with E-state index in [1.165, 1.54) is 23.5 Å². The highest BCUT2D eigenvalue weighted by Gasteiger charge is 2.12. The molecule has 0 bridgehead atoms. The molecule has 0 fully saturated rings. The van der Waals surface area contributed by atoms with E-state index in [9.17, 15) is 14.4 Å². The van der Waals surface area contributed by atoms with Crippen molar-refractivity contribution in [2.75, 3.05) is 6.61 Å². The van der Waals surface area contributed by atoms with Crippen molar-refractivity contribution < 1.29 is 19.1 Å². The van der Waals surface area contributed by atoms with Gasteiger partial charge < -0.3 is 4.74 Å². The number of nitrogens with one attached hydrogen (secondary N) is 1. The third-order valence-electron chi connectivity index (χ3n) is 2.60. The second-order valence-electron chi connectivity index (χ2n) is 4.35. The fourth-order valence-electron chi connectivity index (χ4n) is 1.59. The first-order chi connectivity index (χ1) is 11.0. The Morgan fingerprint density at radius 3 is 2.74 bits per heavy atom. The van der Waals surface area contributed by atoms with Gasteiger partial charge in [-0.15, -0.1) is 11.3 Å². The molecule has 1 aromatic heterocycles. The molecule has 0 atom stereocenters. The Balaban J connectivity index is 1.77. The number of esters is 1. The smallest absolute Gasteiger partial charge is 0.331 e. The van der Waals surface area contributed by atoms with Crippen molar-refractivity contribution in [3.05, 3.63) is 63.3 Å². The zero-order valence-corrected chi connectivity index (χ0v) is 13.4. The molecular formula is C16H12ClNO4S. The summed E-state index contributed by atoms with van der Waals surface area (Å²) in [7, 11) is 0. The van der Waals surface area contributed by atoms with Crippen LogP contribution < -0.4 is 5.32 Å². The molecule has 2 aromatic rings. The van der Waals surface area contributed by atoms with Crippen LogP contribution in [0.25, 0.3) is 6.08 Å². The van der Waals surface area contributed by atoms with Crippen LogP contribution in [0.15, 0.2) is 47.9 Å². The SMILES string of the molecule is O=C(COC(=O)/C=C/c1cccc(Cl)c1)NC(=O)c1cccs1. The predicted octanol–water partition coefficient (Wildman–Crippen LogP) is 2.91. The molecule has 1 N–H and O–H groups in total. The van der Waals surface area contributed by atoms with Crippen LogP contribution in [0, 0.1) is 0 Å². The second kappa shape index (κ2) is 8.26. The summed E-state index contributed by atoms with van der Waals surface area (Å²) in [4.78, 5) is 35.1. The van der Waals surface area contributed by atoms with Gasteiger partial charge in [0, 0.05) is 11.1 Å². The molecule has 0 unspecified atom stereocenters. The summed E-state index contributed by atoms with van der Waals surface area (Å²) in [6, 6.07) is 10.2. The first-order valence-electron chi connectivity index (χ1n) is 6.52. The number of ether oxygens (including phenoxy) is 1. The van der Waals surface area contributed by atoms with Gasteiger partial charge in [0.25, 0.3) is 11.8 Å². The van der Waals surface area contributed by atoms with Crippen LogP contribution in [-0.4, -0.2) is 24.4 Å². The third-order valence-corrected chi connectivity index (χ3v) is 3.71. The number of thiophene rings is 1. The van der Waals surface area contributed by atoms with Crippen molar-refractivity contribution in [2.24, 2.45) is 0 Å². The molecule has 0 radical (unpaired) electrons. The number of amides is 2. The zero-order valence-electron chi connectivity index (χ0n) is 11.8. The van der Waals surface area contributed by atoms with E-state index in [-0.39, 0.29) is 0 Å². The summed E-state index contributed by atoms with van der Waals surface area (Å²) < 4.78 is 4.75. The quantitative estimate of drug-likeness (QED) is 0.665. The van der Waals surface area contributed by atoms with E-state index in [0.29, 0.717) is 9.90 Å². The predicted molar refractivity (Wildman–Crippen MR) is 88.2 cm³/mol. The normalized spacial score (nSPS) is 10.5. The van der Waals surface area contributed by atoms with Gasteiger partial charge in [-0.05, 0) is 35.2 Å². The Bertz CT molecular complexity index is 740. The van der Waals surface area contributed by atoms with Crippen molar-refractivity contribution in [3.8, 4) is 0 Å². The van der Waals surface area contributed by atoms with Crippen LogP contribution >= 0.6 is 22.9 Å². The van der Waals surface area contributed by atoms with E-state index in [0.717, 1.165) is 5.56 Å². The zero-order chi connectivity index (χ0) is 16.7. The summed E-state index contributed by atoms with van der Waals surface area (Å²) in [6.45, 7) is -0.532. The van der Waals surface area contributed by atoms with E-state index in [2.05, 4.69) is 5.32 Å². The summed E-state index contributed by atoms with van der Waals surface area (Å²) in [5.74, 6) is -1.90. The standard InChI is InChI=1S/C16H12ClNO4S/c17-12-4-1-3-11(9-12)6-7-15(20)22-10-14(19)18-16(21)13-5-2-8-23-13/h1-9H,10H2,(H,18,19,21)/b7-6+. The summed E-state index contributed by atoms with van der Waals surface area (Å²) in [5.41, 5.74) is 0.728. The average Bonchev–Trinajstić information content (AvgIpc) is 3.05. The molecule has 1 heterocycles. The topological polar surface area (TPSA) is 72.5 Å². The van der Waals surface area contributed by atoms with E-state index >= 15 is 0 Å². The van der Waals surface area contributed by atoms with Crippen molar-refractivity contribution in [1.29, 1.82) is 0 Å². The second-order valence-corrected chi connectivity index (χ2v) is 5.73. The molecule has 1 aromatic carbocycles. The van der Waals surface area contributed by atoms with Crippen LogP contribution in [0.2, 0.25) is 5.02 Å². The van der Waals surface area contributed by atoms with Gasteiger partial charge in [-0.2, -0.15) is 0 Å². The summed E-state index contributed by atoms with van der Waals surface area (Å²) in [5, 5.41) is 4.40. The summed E-state index contributed by atoms with van der Waals surface area (Å²) in [6.07, 6.45) is 2.70. The van der Waals surface area contributed by atoms with Gasteiger partial charge in [0.1, 0.15) is 0 Å². The number of carbonyl (C=O) groups excluding carboxylic acids is 3. The van der Waals surface area contributed by atoms with E-state index < -0.39 is 24.4 Å². The van der Waals surface area contributed by atoms with E-state index in [4.69, 9.17) is 16.3 Å². The van der Waals surface area contributed by atoms with Crippen molar-refractivity contribution >= 4 is 46.8 Å². The number of benzene rings is 1. The fourth-order valence-corrected chi connectivity index (χ4v) is 2.41. The van der Waals surface area contributed by atoms with Gasteiger partial charge in [0.05, 0.1) is 4.88 Å². The first kappa shape index (κ1) is 16.9. The van der Waals surface area contributed by atoms with E-state index in [1.54, 1.807) is 41.8 Å². The van der Waals surface area contributed by atoms with Crippen molar-refractivity contribution in [1.82, 2.24) is 5.32 Å². The lowest BCUT2D eigenvalue weighted by molar-refractivity contribution is -0.143. The van der Waals surface area contributed by atoms with Gasteiger partial charge in [0.2, 0.25) is 0 Å². The van der Waals surface area contributed by atoms with Gasteiger partial charge in [0.15, 0.2) is 6.61 Å². The molecule has 23 heavy (non-hydrogen) atoms. The molecule has 2 amide bonds. The molecule has 2 rings (SSSR count). The molecule has 0 aliphatic heterocycles. The maximum Gasteiger partial charge on any atom is 0.331 e. The molecule has 0 spiro atoms. The molecule has 0 aliphatic rings. The first-order valence-corrected chi connectivity index (χ1v) is 7.78. The lowest BCUT2D eigenvalue weighted by Gasteiger charge is -2.03. The lowest BCUT2D eigenvalue weighted by Crippen LogP contribution is -2.33. The largest absolute Gasteiger partial charge is 0.452 e. The number of hydrogen-bond donors (Lipinski definition) is 1. The highest BCUT2D eigenvalue weighted by atomic mass is 35.5. The fraction of sp³-hybridized carbons (Fsp3) is 0.0625. The van der Waals surface area contributed by atoms with Crippen molar-refractivity contribution in [2.45, 2.75) is 0 Å². The Kier molecular flexibility index (Phi) is 6.08. The molecule has 0 aliphatic carbocycles. The van der Waals surface area contributed by atoms with Crippen LogP contribution in [-0.2, 0) is 14.3 Å². The maximum absolute atomic E-state index is 11.6. The minimum absolute atomic E-state index is 0.408. The van der Waals surface area contributed by atoms with Crippen LogP contribution in [0.5, 0.6) is 0 Å². The minimum atomic E-state index is -0.691. The Hall–Kier alpha value is -2.44. The highest BCUT2D eigenvalue weighted by Crippen LogP contribution is 2.11. The minimum Gasteiger partial charge on any atom is -0.452 e. The Labute approximate surface area is 141 Å². The van der Waals surface area contributed by atoms with Crippen LogP contribution in [0.1, 0.15) is 15.2 Å². The number of rotatable bonds is 5. The number of halogens is 1. The maximum atomic E-state index is 11.6. The molecule has 5 nitrogen and oxygen atoms in total. The molecular weight excluding hydrogens is 338 g/mol. The lowest BCUT2D eigenvalue weighted by atomic mass is 10.2. The average molecular weight is 350 g/mol. The highest BCUT2D eigenvalue weighted by molar-refractivity contribution is 7.12. The number of hydrogen-bond acceptors (Lipinski definition) is 5. The van der Waals surface area contributed by atoms with E-state index in [1.807, 2.05) is 0 Å². The van der Waals surface area contributed by atoms with Gasteiger partial charge in [-0.3, -0.25) is 14.9 Å².